The van der Waals surface area contributed by atoms with Gasteiger partial charge in [-0.25, -0.2) is 4.79 Å². The average molecular weight is 331 g/mol. The maximum Gasteiger partial charge on any atom is 0.317 e. The van der Waals surface area contributed by atoms with E-state index in [0.29, 0.717) is 25.0 Å². The van der Waals surface area contributed by atoms with E-state index in [-0.39, 0.29) is 6.03 Å². The molecule has 0 bridgehead atoms. The molecule has 24 heavy (non-hydrogen) atoms. The summed E-state index contributed by atoms with van der Waals surface area (Å²) in [6, 6.07) is 8.84. The van der Waals surface area contributed by atoms with E-state index in [1.807, 2.05) is 11.0 Å². The third-order valence-corrected chi connectivity index (χ3v) is 5.16. The fourth-order valence-corrected chi connectivity index (χ4v) is 3.67. The van der Waals surface area contributed by atoms with Gasteiger partial charge in [0.05, 0.1) is 13.2 Å². The summed E-state index contributed by atoms with van der Waals surface area (Å²) in [5.74, 6) is 0.505. The highest BCUT2D eigenvalue weighted by Gasteiger charge is 2.26. The van der Waals surface area contributed by atoms with E-state index < -0.39 is 0 Å². The van der Waals surface area contributed by atoms with Crippen molar-refractivity contribution in [2.75, 3.05) is 39.4 Å². The quantitative estimate of drug-likeness (QED) is 0.919. The minimum atomic E-state index is 0.0587. The summed E-state index contributed by atoms with van der Waals surface area (Å²) in [6.07, 6.45) is 0.945. The number of hydrogen-bond donors (Lipinski definition) is 1. The van der Waals surface area contributed by atoms with E-state index in [1.165, 1.54) is 11.1 Å². The molecular weight excluding hydrogens is 302 g/mol. The Balaban J connectivity index is 1.54. The van der Waals surface area contributed by atoms with E-state index in [1.54, 1.807) is 0 Å². The fraction of sp³-hybridized carbons (Fsp3) is 0.632. The van der Waals surface area contributed by atoms with Gasteiger partial charge in [0.15, 0.2) is 0 Å². The molecule has 0 radical (unpaired) electrons. The molecule has 1 atom stereocenters. The highest BCUT2D eigenvalue weighted by atomic mass is 16.5. The lowest BCUT2D eigenvalue weighted by molar-refractivity contribution is 0.00691. The van der Waals surface area contributed by atoms with E-state index in [0.717, 1.165) is 39.3 Å². The molecule has 1 unspecified atom stereocenters. The number of morpholine rings is 1. The van der Waals surface area contributed by atoms with Crippen LogP contribution in [-0.4, -0.2) is 61.3 Å². The normalized spacial score (nSPS) is 19.9. The number of fused-ring (bicyclic) bond motifs is 1. The Morgan fingerprint density at radius 2 is 1.88 bits per heavy atom. The van der Waals surface area contributed by atoms with Crippen molar-refractivity contribution in [3.63, 3.8) is 0 Å². The number of carbonyl (C=O) groups is 1. The van der Waals surface area contributed by atoms with Crippen LogP contribution in [0.1, 0.15) is 25.0 Å². The smallest absolute Gasteiger partial charge is 0.317 e. The van der Waals surface area contributed by atoms with Crippen LogP contribution in [0.25, 0.3) is 0 Å². The molecule has 1 aromatic rings. The minimum absolute atomic E-state index is 0.0587. The van der Waals surface area contributed by atoms with Gasteiger partial charge in [-0.3, -0.25) is 4.90 Å². The Kier molecular flexibility index (Phi) is 5.74. The van der Waals surface area contributed by atoms with Crippen LogP contribution in [0.3, 0.4) is 0 Å². The van der Waals surface area contributed by atoms with Crippen LogP contribution >= 0.6 is 0 Å². The summed E-state index contributed by atoms with van der Waals surface area (Å²) < 4.78 is 5.45. The van der Waals surface area contributed by atoms with Crippen molar-refractivity contribution in [1.82, 2.24) is 15.1 Å². The molecule has 5 nitrogen and oxygen atoms in total. The molecule has 0 aromatic heterocycles. The van der Waals surface area contributed by atoms with Gasteiger partial charge in [0.2, 0.25) is 0 Å². The number of urea groups is 1. The van der Waals surface area contributed by atoms with Gasteiger partial charge in [-0.2, -0.15) is 0 Å². The van der Waals surface area contributed by atoms with Crippen LogP contribution < -0.4 is 5.32 Å². The van der Waals surface area contributed by atoms with E-state index in [4.69, 9.17) is 4.74 Å². The van der Waals surface area contributed by atoms with Crippen LogP contribution in [0.15, 0.2) is 24.3 Å². The maximum atomic E-state index is 12.6. The van der Waals surface area contributed by atoms with E-state index in [9.17, 15) is 4.79 Å². The lowest BCUT2D eigenvalue weighted by atomic mass is 10.00. The molecule has 0 aliphatic carbocycles. The van der Waals surface area contributed by atoms with Gasteiger partial charge in [-0.15, -0.1) is 0 Å². The first-order valence-corrected chi connectivity index (χ1v) is 9.06. The molecule has 2 aliphatic heterocycles. The third kappa shape index (κ3) is 4.08. The highest BCUT2D eigenvalue weighted by Crippen LogP contribution is 2.18. The van der Waals surface area contributed by atoms with Crippen molar-refractivity contribution < 1.29 is 9.53 Å². The Morgan fingerprint density at radius 3 is 2.58 bits per heavy atom. The van der Waals surface area contributed by atoms with Gasteiger partial charge in [-0.1, -0.05) is 38.1 Å². The van der Waals surface area contributed by atoms with Crippen molar-refractivity contribution in [2.45, 2.75) is 32.9 Å². The minimum Gasteiger partial charge on any atom is -0.379 e. The predicted molar refractivity (Wildman–Crippen MR) is 95.0 cm³/mol. The summed E-state index contributed by atoms with van der Waals surface area (Å²) in [7, 11) is 0. The second-order valence-corrected chi connectivity index (χ2v) is 7.09. The van der Waals surface area contributed by atoms with Crippen molar-refractivity contribution in [3.8, 4) is 0 Å². The first-order valence-electron chi connectivity index (χ1n) is 9.06. The van der Waals surface area contributed by atoms with Gasteiger partial charge in [0, 0.05) is 38.8 Å². The molecular formula is C19H29N3O2. The van der Waals surface area contributed by atoms with Crippen LogP contribution in [0.5, 0.6) is 0 Å². The zero-order valence-corrected chi connectivity index (χ0v) is 14.8. The van der Waals surface area contributed by atoms with Crippen LogP contribution in [0.2, 0.25) is 0 Å². The van der Waals surface area contributed by atoms with Crippen LogP contribution in [0.4, 0.5) is 4.79 Å². The summed E-state index contributed by atoms with van der Waals surface area (Å²) in [5.41, 5.74) is 2.64. The zero-order chi connectivity index (χ0) is 16.9. The van der Waals surface area contributed by atoms with Gasteiger partial charge in [-0.05, 0) is 23.5 Å². The third-order valence-electron chi connectivity index (χ3n) is 5.16. The summed E-state index contributed by atoms with van der Waals surface area (Å²) in [5, 5.41) is 3.17. The molecule has 0 spiro atoms. The lowest BCUT2D eigenvalue weighted by Crippen LogP contribution is -2.53. The number of ether oxygens (including phenoxy) is 1. The topological polar surface area (TPSA) is 44.8 Å². The Morgan fingerprint density at radius 1 is 1.17 bits per heavy atom. The Labute approximate surface area is 145 Å². The average Bonchev–Trinajstić information content (AvgIpc) is 2.62. The van der Waals surface area contributed by atoms with E-state index >= 15 is 0 Å². The molecule has 1 aromatic carbocycles. The summed E-state index contributed by atoms with van der Waals surface area (Å²) in [6.45, 7) is 10.2. The standard InChI is InChI=1S/C19H29N3O2/c1-15(2)18(21-9-11-24-12-10-21)13-20-19(23)22-8-7-16-5-3-4-6-17(16)14-22/h3-6,15,18H,7-14H2,1-2H3,(H,20,23). The molecule has 3 rings (SSSR count). The van der Waals surface area contributed by atoms with Crippen LogP contribution in [0, 0.1) is 5.92 Å². The molecule has 2 amide bonds. The molecule has 5 heteroatoms. The maximum absolute atomic E-state index is 12.6. The number of amides is 2. The fourth-order valence-electron chi connectivity index (χ4n) is 3.67. The van der Waals surface area contributed by atoms with Crippen molar-refractivity contribution >= 4 is 6.03 Å². The first-order chi connectivity index (χ1) is 11.6. The molecule has 1 fully saturated rings. The van der Waals surface area contributed by atoms with Gasteiger partial charge < -0.3 is 15.0 Å². The molecule has 132 valence electrons. The number of nitrogens with one attached hydrogen (secondary N) is 1. The summed E-state index contributed by atoms with van der Waals surface area (Å²) in [4.78, 5) is 17.0. The predicted octanol–water partition coefficient (Wildman–Crippen LogP) is 2.11. The molecule has 1 saturated heterocycles. The summed E-state index contributed by atoms with van der Waals surface area (Å²) >= 11 is 0. The second-order valence-electron chi connectivity index (χ2n) is 7.09. The van der Waals surface area contributed by atoms with Crippen molar-refractivity contribution in [3.05, 3.63) is 35.4 Å². The Hall–Kier alpha value is -1.59. The van der Waals surface area contributed by atoms with Gasteiger partial charge >= 0.3 is 6.03 Å². The second kappa shape index (κ2) is 7.99. The van der Waals surface area contributed by atoms with E-state index in [2.05, 4.69) is 42.3 Å². The monoisotopic (exact) mass is 331 g/mol. The van der Waals surface area contributed by atoms with Crippen molar-refractivity contribution in [2.24, 2.45) is 5.92 Å². The lowest BCUT2D eigenvalue weighted by Gasteiger charge is -2.37. The zero-order valence-electron chi connectivity index (χ0n) is 14.8. The highest BCUT2D eigenvalue weighted by molar-refractivity contribution is 5.74. The van der Waals surface area contributed by atoms with Crippen LogP contribution in [-0.2, 0) is 17.7 Å². The molecule has 2 heterocycles. The first kappa shape index (κ1) is 17.2. The van der Waals surface area contributed by atoms with Crippen molar-refractivity contribution in [1.29, 1.82) is 0 Å². The molecule has 2 aliphatic rings. The molecule has 0 saturated carbocycles. The number of hydrogen-bond acceptors (Lipinski definition) is 3. The largest absolute Gasteiger partial charge is 0.379 e. The Bertz CT molecular complexity index is 555. The number of nitrogens with zero attached hydrogens (tertiary/aromatic N) is 2. The number of carbonyl (C=O) groups excluding carboxylic acids is 1. The number of rotatable bonds is 4. The SMILES string of the molecule is CC(C)C(CNC(=O)N1CCc2ccccc2C1)N1CCOCC1. The van der Waals surface area contributed by atoms with Gasteiger partial charge in [0.1, 0.15) is 0 Å². The molecule has 1 N–H and O–H groups in total. The number of benzene rings is 1. The van der Waals surface area contributed by atoms with Gasteiger partial charge in [0.25, 0.3) is 0 Å².